The molecule has 2 rings (SSSR count). The summed E-state index contributed by atoms with van der Waals surface area (Å²) in [5.74, 6) is 0.208. The minimum atomic E-state index is 0.208. The lowest BCUT2D eigenvalue weighted by molar-refractivity contribution is -0.118. The van der Waals surface area contributed by atoms with E-state index in [0.29, 0.717) is 6.42 Å². The number of halogens is 1. The number of benzene rings is 1. The third-order valence-electron chi connectivity index (χ3n) is 2.79. The molecule has 4 heteroatoms. The van der Waals surface area contributed by atoms with Crippen LogP contribution in [-0.2, 0) is 11.2 Å². The van der Waals surface area contributed by atoms with E-state index in [2.05, 4.69) is 22.9 Å². The maximum absolute atomic E-state index is 11.9. The molecule has 0 fully saturated rings. The number of anilines is 2. The van der Waals surface area contributed by atoms with Crippen molar-refractivity contribution in [2.45, 2.75) is 26.2 Å². The Morgan fingerprint density at radius 3 is 2.88 bits per heavy atom. The number of nitrogen functional groups attached to an aromatic ring is 1. The van der Waals surface area contributed by atoms with Gasteiger partial charge in [-0.3, -0.25) is 4.79 Å². The molecule has 1 heterocycles. The molecule has 2 N–H and O–H groups in total. The molecule has 86 valence electrons. The maximum atomic E-state index is 11.9. The molecular formula is C12H15BrN2O. The van der Waals surface area contributed by atoms with Gasteiger partial charge in [0, 0.05) is 23.1 Å². The van der Waals surface area contributed by atoms with Gasteiger partial charge in [0.15, 0.2) is 0 Å². The molecule has 0 spiro atoms. The second kappa shape index (κ2) is 4.45. The molecule has 0 radical (unpaired) electrons. The molecule has 0 saturated carbocycles. The summed E-state index contributed by atoms with van der Waals surface area (Å²) in [6, 6.07) is 3.83. The third-order valence-corrected chi connectivity index (χ3v) is 3.40. The first-order chi connectivity index (χ1) is 7.63. The number of carbonyl (C=O) groups is 1. The second-order valence-electron chi connectivity index (χ2n) is 4.06. The van der Waals surface area contributed by atoms with Crippen LogP contribution >= 0.6 is 15.9 Å². The van der Waals surface area contributed by atoms with Gasteiger partial charge in [-0.1, -0.05) is 6.92 Å². The average Bonchev–Trinajstić information content (AvgIpc) is 2.22. The number of hydrogen-bond donors (Lipinski definition) is 1. The number of rotatable bonds is 2. The fourth-order valence-electron chi connectivity index (χ4n) is 2.13. The van der Waals surface area contributed by atoms with Crippen molar-refractivity contribution in [2.24, 2.45) is 0 Å². The van der Waals surface area contributed by atoms with Crippen LogP contribution in [0.4, 0.5) is 11.4 Å². The Balaban J connectivity index is 2.50. The highest BCUT2D eigenvalue weighted by Gasteiger charge is 2.25. The van der Waals surface area contributed by atoms with Gasteiger partial charge in [0.2, 0.25) is 5.91 Å². The highest BCUT2D eigenvalue weighted by atomic mass is 79.9. The van der Waals surface area contributed by atoms with E-state index in [9.17, 15) is 4.79 Å². The van der Waals surface area contributed by atoms with Crippen molar-refractivity contribution in [3.05, 3.63) is 22.2 Å². The molecule has 0 bridgehead atoms. The van der Waals surface area contributed by atoms with Crippen molar-refractivity contribution in [1.29, 1.82) is 0 Å². The van der Waals surface area contributed by atoms with Crippen molar-refractivity contribution >= 4 is 33.2 Å². The molecule has 3 nitrogen and oxygen atoms in total. The predicted octanol–water partition coefficient (Wildman–Crippen LogP) is 2.72. The Kier molecular flexibility index (Phi) is 3.19. The molecule has 1 aliphatic rings. The summed E-state index contributed by atoms with van der Waals surface area (Å²) < 4.78 is 0.920. The van der Waals surface area contributed by atoms with Crippen LogP contribution in [0, 0.1) is 0 Å². The van der Waals surface area contributed by atoms with Crippen LogP contribution in [0.25, 0.3) is 0 Å². The summed E-state index contributed by atoms with van der Waals surface area (Å²) in [6.45, 7) is 2.85. The summed E-state index contributed by atoms with van der Waals surface area (Å²) in [7, 11) is 0. The number of nitrogens with zero attached hydrogens (tertiary/aromatic N) is 1. The normalized spacial score (nSPS) is 15.1. The van der Waals surface area contributed by atoms with Gasteiger partial charge < -0.3 is 10.6 Å². The van der Waals surface area contributed by atoms with Crippen LogP contribution < -0.4 is 10.6 Å². The minimum Gasteiger partial charge on any atom is -0.399 e. The quantitative estimate of drug-likeness (QED) is 0.848. The topological polar surface area (TPSA) is 46.3 Å². The summed E-state index contributed by atoms with van der Waals surface area (Å²) >= 11 is 3.50. The lowest BCUT2D eigenvalue weighted by Gasteiger charge is -2.30. The minimum absolute atomic E-state index is 0.208. The monoisotopic (exact) mass is 282 g/mol. The Morgan fingerprint density at radius 2 is 2.19 bits per heavy atom. The van der Waals surface area contributed by atoms with E-state index >= 15 is 0 Å². The van der Waals surface area contributed by atoms with Crippen molar-refractivity contribution in [2.75, 3.05) is 17.2 Å². The van der Waals surface area contributed by atoms with Crippen LogP contribution in [0.1, 0.15) is 25.3 Å². The lowest BCUT2D eigenvalue weighted by Crippen LogP contribution is -2.36. The molecule has 0 aromatic heterocycles. The van der Waals surface area contributed by atoms with E-state index in [-0.39, 0.29) is 5.91 Å². The zero-order chi connectivity index (χ0) is 11.7. The Hall–Kier alpha value is -1.03. The number of nitrogens with two attached hydrogens (primary N) is 1. The standard InChI is InChI=1S/C12H15BrN2O/c1-2-5-15-11(16)4-3-8-6-9(14)7-10(13)12(8)15/h6-7H,2-5,14H2,1H3. The third kappa shape index (κ3) is 1.94. The van der Waals surface area contributed by atoms with Crippen LogP contribution in [0.2, 0.25) is 0 Å². The first kappa shape index (κ1) is 11.5. The average molecular weight is 283 g/mol. The van der Waals surface area contributed by atoms with Crippen molar-refractivity contribution in [3.8, 4) is 0 Å². The smallest absolute Gasteiger partial charge is 0.227 e. The number of amides is 1. The molecule has 1 aromatic carbocycles. The van der Waals surface area contributed by atoms with Crippen molar-refractivity contribution in [1.82, 2.24) is 0 Å². The zero-order valence-electron chi connectivity index (χ0n) is 9.29. The zero-order valence-corrected chi connectivity index (χ0v) is 10.9. The Morgan fingerprint density at radius 1 is 1.44 bits per heavy atom. The van der Waals surface area contributed by atoms with E-state index in [1.54, 1.807) is 0 Å². The van der Waals surface area contributed by atoms with E-state index in [1.165, 1.54) is 5.56 Å². The fraction of sp³-hybridized carbons (Fsp3) is 0.417. The molecule has 0 unspecified atom stereocenters. The van der Waals surface area contributed by atoms with Gasteiger partial charge in [-0.2, -0.15) is 0 Å². The first-order valence-corrected chi connectivity index (χ1v) is 6.31. The first-order valence-electron chi connectivity index (χ1n) is 5.51. The number of hydrogen-bond acceptors (Lipinski definition) is 2. The van der Waals surface area contributed by atoms with Crippen molar-refractivity contribution in [3.63, 3.8) is 0 Å². The molecule has 16 heavy (non-hydrogen) atoms. The summed E-state index contributed by atoms with van der Waals surface area (Å²) in [5.41, 5.74) is 8.72. The van der Waals surface area contributed by atoms with Gasteiger partial charge in [0.1, 0.15) is 0 Å². The van der Waals surface area contributed by atoms with Gasteiger partial charge in [-0.05, 0) is 46.5 Å². The van der Waals surface area contributed by atoms with Gasteiger partial charge >= 0.3 is 0 Å². The molecule has 1 amide bonds. The number of aryl methyl sites for hydroxylation is 1. The van der Waals surface area contributed by atoms with Crippen LogP contribution in [0.3, 0.4) is 0 Å². The Labute approximate surface area is 104 Å². The SMILES string of the molecule is CCCN1C(=O)CCc2cc(N)cc(Br)c21. The highest BCUT2D eigenvalue weighted by molar-refractivity contribution is 9.10. The number of fused-ring (bicyclic) bond motifs is 1. The molecule has 0 aliphatic carbocycles. The largest absolute Gasteiger partial charge is 0.399 e. The van der Waals surface area contributed by atoms with E-state index < -0.39 is 0 Å². The summed E-state index contributed by atoms with van der Waals surface area (Å²) in [5, 5.41) is 0. The molecule has 0 atom stereocenters. The molecule has 1 aromatic rings. The van der Waals surface area contributed by atoms with Gasteiger partial charge in [-0.15, -0.1) is 0 Å². The van der Waals surface area contributed by atoms with E-state index in [0.717, 1.165) is 35.2 Å². The predicted molar refractivity (Wildman–Crippen MR) is 69.5 cm³/mol. The fourth-order valence-corrected chi connectivity index (χ4v) is 2.87. The maximum Gasteiger partial charge on any atom is 0.227 e. The molecule has 0 saturated heterocycles. The van der Waals surface area contributed by atoms with Gasteiger partial charge in [-0.25, -0.2) is 0 Å². The van der Waals surface area contributed by atoms with E-state index in [1.807, 2.05) is 17.0 Å². The van der Waals surface area contributed by atoms with E-state index in [4.69, 9.17) is 5.73 Å². The Bertz CT molecular complexity index is 431. The van der Waals surface area contributed by atoms with Gasteiger partial charge in [0.25, 0.3) is 0 Å². The van der Waals surface area contributed by atoms with Crippen molar-refractivity contribution < 1.29 is 4.79 Å². The van der Waals surface area contributed by atoms with Crippen LogP contribution in [0.5, 0.6) is 0 Å². The lowest BCUT2D eigenvalue weighted by atomic mass is 10.0. The summed E-state index contributed by atoms with van der Waals surface area (Å²) in [4.78, 5) is 13.7. The highest BCUT2D eigenvalue weighted by Crippen LogP contribution is 2.36. The van der Waals surface area contributed by atoms with Crippen LogP contribution in [-0.4, -0.2) is 12.5 Å². The van der Waals surface area contributed by atoms with Crippen LogP contribution in [0.15, 0.2) is 16.6 Å². The summed E-state index contributed by atoms with van der Waals surface area (Å²) in [6.07, 6.45) is 2.34. The molecule has 1 aliphatic heterocycles. The number of carbonyl (C=O) groups excluding carboxylic acids is 1. The second-order valence-corrected chi connectivity index (χ2v) is 4.91. The molecular weight excluding hydrogens is 268 g/mol. The van der Waals surface area contributed by atoms with Gasteiger partial charge in [0.05, 0.1) is 5.69 Å².